The van der Waals surface area contributed by atoms with Crippen LogP contribution < -0.4 is 43.8 Å². The average Bonchev–Trinajstić information content (AvgIpc) is 3.68. The van der Waals surface area contributed by atoms with Crippen LogP contribution in [-0.4, -0.2) is 118 Å². The first-order chi connectivity index (χ1) is 27.1. The number of phenolic OH excluding ortho intramolecular Hbond substituents is 1. The third-order valence-electron chi connectivity index (χ3n) is 9.19. The second kappa shape index (κ2) is 22.6. The van der Waals surface area contributed by atoms with Crippen molar-refractivity contribution in [1.29, 1.82) is 5.41 Å². The van der Waals surface area contributed by atoms with Gasteiger partial charge in [0.15, 0.2) is 5.96 Å². The van der Waals surface area contributed by atoms with Gasteiger partial charge in [0.25, 0.3) is 0 Å². The third kappa shape index (κ3) is 14.9. The molecule has 0 bridgehead atoms. The van der Waals surface area contributed by atoms with Crippen LogP contribution in [0, 0.1) is 5.41 Å². The summed E-state index contributed by atoms with van der Waals surface area (Å²) < 4.78 is 0. The highest BCUT2D eigenvalue weighted by molar-refractivity contribution is 7.80. The maximum Gasteiger partial charge on any atom is 0.326 e. The molecular formula is C37H52N10O9S. The van der Waals surface area contributed by atoms with Gasteiger partial charge in [-0.25, -0.2) is 4.79 Å². The molecule has 1 fully saturated rings. The lowest BCUT2D eigenvalue weighted by molar-refractivity contribution is -0.149. The number of guanidine groups is 1. The Morgan fingerprint density at radius 3 is 1.93 bits per heavy atom. The van der Waals surface area contributed by atoms with E-state index in [4.69, 9.17) is 22.6 Å². The predicted molar refractivity (Wildman–Crippen MR) is 211 cm³/mol. The van der Waals surface area contributed by atoms with Crippen molar-refractivity contribution in [2.45, 2.75) is 87.6 Å². The summed E-state index contributed by atoms with van der Waals surface area (Å²) in [6.45, 7) is 0.344. The van der Waals surface area contributed by atoms with Gasteiger partial charge in [-0.3, -0.25) is 34.2 Å². The molecule has 1 aliphatic rings. The molecule has 57 heavy (non-hydrogen) atoms. The Morgan fingerprint density at radius 2 is 1.33 bits per heavy atom. The second-order valence-corrected chi connectivity index (χ2v) is 14.0. The molecule has 14 N–H and O–H groups in total. The van der Waals surface area contributed by atoms with Gasteiger partial charge >= 0.3 is 5.97 Å². The Balaban J connectivity index is 1.93. The van der Waals surface area contributed by atoms with Crippen molar-refractivity contribution in [3.05, 3.63) is 65.7 Å². The highest BCUT2D eigenvalue weighted by Crippen LogP contribution is 2.20. The van der Waals surface area contributed by atoms with E-state index in [2.05, 4.69) is 39.2 Å². The van der Waals surface area contributed by atoms with Crippen LogP contribution in [0.5, 0.6) is 5.75 Å². The number of nitrogens with two attached hydrogens (primary N) is 3. The first-order valence-electron chi connectivity index (χ1n) is 18.4. The van der Waals surface area contributed by atoms with Gasteiger partial charge in [0.2, 0.25) is 35.4 Å². The van der Waals surface area contributed by atoms with Crippen molar-refractivity contribution in [1.82, 2.24) is 31.5 Å². The molecule has 0 aromatic heterocycles. The first-order valence-corrected chi connectivity index (χ1v) is 19.0. The molecule has 0 unspecified atom stereocenters. The van der Waals surface area contributed by atoms with E-state index in [0.29, 0.717) is 17.5 Å². The van der Waals surface area contributed by atoms with Crippen molar-refractivity contribution in [2.24, 2.45) is 17.2 Å². The Bertz CT molecular complexity index is 1730. The Kier molecular flexibility index (Phi) is 18.0. The molecule has 19 nitrogen and oxygen atoms in total. The van der Waals surface area contributed by atoms with Gasteiger partial charge in [-0.1, -0.05) is 42.5 Å². The lowest BCUT2D eigenvalue weighted by Gasteiger charge is -2.29. The lowest BCUT2D eigenvalue weighted by Crippen LogP contribution is -2.60. The molecular weight excluding hydrogens is 761 g/mol. The van der Waals surface area contributed by atoms with E-state index in [1.54, 1.807) is 30.3 Å². The maximum atomic E-state index is 14.2. The number of amides is 6. The second-order valence-electron chi connectivity index (χ2n) is 13.6. The first kappa shape index (κ1) is 45.5. The number of carboxylic acid groups (broad SMARTS) is 1. The van der Waals surface area contributed by atoms with Crippen LogP contribution in [0.1, 0.15) is 49.7 Å². The van der Waals surface area contributed by atoms with Gasteiger partial charge in [-0.2, -0.15) is 12.6 Å². The number of thiol groups is 1. The number of nitrogens with one attached hydrogen (secondary N) is 6. The molecule has 3 rings (SSSR count). The zero-order chi connectivity index (χ0) is 42.1. The summed E-state index contributed by atoms with van der Waals surface area (Å²) in [5.41, 5.74) is 17.7. The fourth-order valence-electron chi connectivity index (χ4n) is 6.15. The largest absolute Gasteiger partial charge is 0.508 e. The number of nitrogens with zero attached hydrogens (tertiary/aromatic N) is 1. The molecule has 2 aromatic carbocycles. The fraction of sp³-hybridized carbons (Fsp3) is 0.459. The summed E-state index contributed by atoms with van der Waals surface area (Å²) in [5.74, 6) is -6.22. The molecule has 6 atom stereocenters. The number of carbonyl (C=O) groups excluding carboxylic acids is 6. The van der Waals surface area contributed by atoms with Gasteiger partial charge in [0.1, 0.15) is 36.0 Å². The highest BCUT2D eigenvalue weighted by Gasteiger charge is 2.39. The van der Waals surface area contributed by atoms with Gasteiger partial charge in [-0.05, 0) is 55.4 Å². The van der Waals surface area contributed by atoms with Crippen molar-refractivity contribution in [3.63, 3.8) is 0 Å². The summed E-state index contributed by atoms with van der Waals surface area (Å²) in [7, 11) is 0. The van der Waals surface area contributed by atoms with Crippen LogP contribution in [-0.2, 0) is 46.4 Å². The van der Waals surface area contributed by atoms with Gasteiger partial charge in [-0.15, -0.1) is 0 Å². The summed E-state index contributed by atoms with van der Waals surface area (Å²) in [4.78, 5) is 93.5. The normalized spacial score (nSPS) is 16.2. The third-order valence-corrected chi connectivity index (χ3v) is 9.58. The molecule has 0 aliphatic carbocycles. The zero-order valence-electron chi connectivity index (χ0n) is 31.3. The Hall–Kier alpha value is -5.89. The van der Waals surface area contributed by atoms with Crippen LogP contribution in [0.3, 0.4) is 0 Å². The molecule has 0 radical (unpaired) electrons. The molecule has 1 heterocycles. The summed E-state index contributed by atoms with van der Waals surface area (Å²) >= 11 is 4.03. The molecule has 0 spiro atoms. The predicted octanol–water partition coefficient (Wildman–Crippen LogP) is -2.02. The number of carbonyl (C=O) groups is 7. The number of aromatic hydroxyl groups is 1. The summed E-state index contributed by atoms with van der Waals surface area (Å²) in [6.07, 6.45) is 0.137. The Morgan fingerprint density at radius 1 is 0.789 bits per heavy atom. The van der Waals surface area contributed by atoms with Gasteiger partial charge in [0.05, 0.1) is 6.04 Å². The topological polar surface area (TPSA) is 325 Å². The quantitative estimate of drug-likeness (QED) is 0.0265. The van der Waals surface area contributed by atoms with Gasteiger partial charge < -0.3 is 58.9 Å². The summed E-state index contributed by atoms with van der Waals surface area (Å²) in [5, 5.41) is 40.0. The van der Waals surface area contributed by atoms with E-state index in [9.17, 15) is 43.8 Å². The smallest absolute Gasteiger partial charge is 0.326 e. The number of likely N-dealkylation sites (tertiary alicyclic amines) is 1. The number of phenols is 1. The lowest BCUT2D eigenvalue weighted by atomic mass is 10.0. The van der Waals surface area contributed by atoms with E-state index in [-0.39, 0.29) is 75.5 Å². The Labute approximate surface area is 335 Å². The van der Waals surface area contributed by atoms with Crippen LogP contribution >= 0.6 is 12.6 Å². The number of aliphatic carboxylic acids is 1. The molecule has 1 saturated heterocycles. The fourth-order valence-corrected chi connectivity index (χ4v) is 6.31. The standard InChI is InChI=1S/C37H52N10O9S/c38-24(20-57)31(50)43-25(8-4-16-42-37(40)41)32(51)44-26(14-15-30(39)49)33(52)45-27(18-22-10-12-23(48)13-11-22)34(53)46-28(19-21-6-2-1-3-7-21)35(54)47-17-5-9-29(47)36(55)56/h1-3,6-7,10-13,24-29,48,57H,4-5,8-9,14-20,38H2,(H2,39,49)(H,43,50)(H,44,51)(H,45,52)(H,46,53)(H,55,56)(H4,40,41,42)/t24-,25-,26-,27-,28-,29-/m0/s1. The number of hydrogen-bond donors (Lipinski definition) is 12. The number of carboxylic acids is 1. The monoisotopic (exact) mass is 812 g/mol. The van der Waals surface area contributed by atoms with Crippen LogP contribution in [0.15, 0.2) is 54.6 Å². The van der Waals surface area contributed by atoms with E-state index in [1.807, 2.05) is 0 Å². The van der Waals surface area contributed by atoms with Crippen LogP contribution in [0.2, 0.25) is 0 Å². The average molecular weight is 813 g/mol. The SMILES string of the molecule is N=C(N)NCCC[C@H](NC(=O)[C@@H](N)CS)C(=O)N[C@@H](CCC(N)=O)C(=O)N[C@@H](Cc1ccc(O)cc1)C(=O)N[C@@H](Cc1ccccc1)C(=O)N1CCC[C@H]1C(=O)O. The van der Waals surface area contributed by atoms with Crippen molar-refractivity contribution < 1.29 is 43.8 Å². The molecule has 6 amide bonds. The van der Waals surface area contributed by atoms with E-state index >= 15 is 0 Å². The van der Waals surface area contributed by atoms with Gasteiger partial charge in [0, 0.05) is 38.1 Å². The molecule has 20 heteroatoms. The van der Waals surface area contributed by atoms with E-state index in [0.717, 1.165) is 0 Å². The maximum absolute atomic E-state index is 14.2. The van der Waals surface area contributed by atoms with E-state index in [1.165, 1.54) is 29.2 Å². The number of primary amides is 1. The summed E-state index contributed by atoms with van der Waals surface area (Å²) in [6, 6.07) is 7.06. The van der Waals surface area contributed by atoms with Crippen molar-refractivity contribution in [2.75, 3.05) is 18.8 Å². The molecule has 310 valence electrons. The van der Waals surface area contributed by atoms with E-state index < -0.39 is 77.7 Å². The minimum atomic E-state index is -1.46. The van der Waals surface area contributed by atoms with Crippen molar-refractivity contribution >= 4 is 60.0 Å². The number of hydrogen-bond acceptors (Lipinski definition) is 11. The minimum Gasteiger partial charge on any atom is -0.508 e. The molecule has 0 saturated carbocycles. The number of benzene rings is 2. The molecule has 2 aromatic rings. The minimum absolute atomic E-state index is 0.00264. The van der Waals surface area contributed by atoms with Crippen LogP contribution in [0.4, 0.5) is 0 Å². The molecule has 1 aliphatic heterocycles. The highest BCUT2D eigenvalue weighted by atomic mass is 32.1. The van der Waals surface area contributed by atoms with Crippen LogP contribution in [0.25, 0.3) is 0 Å². The van der Waals surface area contributed by atoms with Crippen molar-refractivity contribution in [3.8, 4) is 5.75 Å². The number of rotatable bonds is 22. The zero-order valence-corrected chi connectivity index (χ0v) is 32.2.